The smallest absolute Gasteiger partial charge is 0.0579 e. The van der Waals surface area contributed by atoms with E-state index in [4.69, 9.17) is 0 Å². The Bertz CT molecular complexity index is 517. The van der Waals surface area contributed by atoms with Gasteiger partial charge in [-0.25, -0.2) is 0 Å². The van der Waals surface area contributed by atoms with Crippen molar-refractivity contribution in [2.45, 2.75) is 32.7 Å². The Hall–Kier alpha value is -1.67. The van der Waals surface area contributed by atoms with Crippen molar-refractivity contribution in [2.75, 3.05) is 7.05 Å². The largest absolute Gasteiger partial charge is 0.311 e. The van der Waals surface area contributed by atoms with Gasteiger partial charge in [-0.2, -0.15) is 0 Å². The van der Waals surface area contributed by atoms with Crippen LogP contribution in [-0.4, -0.2) is 12.0 Å². The van der Waals surface area contributed by atoms with Crippen LogP contribution in [0.15, 0.2) is 42.6 Å². The van der Waals surface area contributed by atoms with Gasteiger partial charge in [0.1, 0.15) is 0 Å². The van der Waals surface area contributed by atoms with Gasteiger partial charge in [-0.3, -0.25) is 4.98 Å². The molecule has 1 heterocycles. The van der Waals surface area contributed by atoms with Gasteiger partial charge in [0.2, 0.25) is 0 Å². The molecule has 19 heavy (non-hydrogen) atoms. The molecule has 0 saturated carbocycles. The van der Waals surface area contributed by atoms with Crippen molar-refractivity contribution in [1.82, 2.24) is 10.3 Å². The highest BCUT2D eigenvalue weighted by Gasteiger charge is 2.11. The van der Waals surface area contributed by atoms with Crippen LogP contribution in [0, 0.1) is 6.92 Å². The number of rotatable bonds is 5. The Labute approximate surface area is 115 Å². The number of nitrogens with one attached hydrogen (secondary N) is 1. The molecule has 0 spiro atoms. The van der Waals surface area contributed by atoms with Crippen molar-refractivity contribution in [3.05, 3.63) is 65.0 Å². The average Bonchev–Trinajstić information content (AvgIpc) is 2.45. The third-order valence-electron chi connectivity index (χ3n) is 3.51. The van der Waals surface area contributed by atoms with Gasteiger partial charge in [-0.1, -0.05) is 31.2 Å². The first-order valence-corrected chi connectivity index (χ1v) is 6.90. The molecule has 0 saturated heterocycles. The van der Waals surface area contributed by atoms with Crippen molar-refractivity contribution in [1.29, 1.82) is 0 Å². The van der Waals surface area contributed by atoms with Gasteiger partial charge in [0.15, 0.2) is 0 Å². The van der Waals surface area contributed by atoms with Crippen LogP contribution in [0.5, 0.6) is 0 Å². The Kier molecular flexibility index (Phi) is 4.69. The molecular weight excluding hydrogens is 232 g/mol. The first kappa shape index (κ1) is 13.8. The average molecular weight is 254 g/mol. The summed E-state index contributed by atoms with van der Waals surface area (Å²) in [4.78, 5) is 4.48. The fourth-order valence-corrected chi connectivity index (χ4v) is 2.25. The maximum absolute atomic E-state index is 4.48. The number of likely N-dealkylation sites (N-methyl/N-ethyl adjacent to an activating group) is 1. The van der Waals surface area contributed by atoms with Crippen molar-refractivity contribution < 1.29 is 0 Å². The summed E-state index contributed by atoms with van der Waals surface area (Å²) < 4.78 is 0. The molecule has 2 heteroatoms. The minimum atomic E-state index is 0.271. The lowest BCUT2D eigenvalue weighted by atomic mass is 10.0. The maximum Gasteiger partial charge on any atom is 0.0579 e. The van der Waals surface area contributed by atoms with Crippen LogP contribution < -0.4 is 5.32 Å². The van der Waals surface area contributed by atoms with Gasteiger partial charge in [-0.15, -0.1) is 0 Å². The van der Waals surface area contributed by atoms with E-state index >= 15 is 0 Å². The summed E-state index contributed by atoms with van der Waals surface area (Å²) in [6.45, 7) is 4.29. The third-order valence-corrected chi connectivity index (χ3v) is 3.51. The molecule has 1 atom stereocenters. The van der Waals surface area contributed by atoms with Crippen molar-refractivity contribution in [3.8, 4) is 0 Å². The highest BCUT2D eigenvalue weighted by atomic mass is 14.9. The molecule has 1 aromatic carbocycles. The summed E-state index contributed by atoms with van der Waals surface area (Å²) in [6, 6.07) is 13.3. The number of hydrogen-bond donors (Lipinski definition) is 1. The van der Waals surface area contributed by atoms with Gasteiger partial charge in [0, 0.05) is 6.20 Å². The van der Waals surface area contributed by atoms with E-state index in [9.17, 15) is 0 Å². The quantitative estimate of drug-likeness (QED) is 0.884. The lowest BCUT2D eigenvalue weighted by Gasteiger charge is -2.16. The summed E-state index contributed by atoms with van der Waals surface area (Å²) in [5.41, 5.74) is 5.10. The van der Waals surface area contributed by atoms with Gasteiger partial charge in [0.25, 0.3) is 0 Å². The van der Waals surface area contributed by atoms with Crippen LogP contribution in [0.3, 0.4) is 0 Å². The highest BCUT2D eigenvalue weighted by Crippen LogP contribution is 2.17. The van der Waals surface area contributed by atoms with E-state index in [0.29, 0.717) is 0 Å². The fraction of sp³-hybridized carbons (Fsp3) is 0.353. The van der Waals surface area contributed by atoms with Crippen LogP contribution in [0.25, 0.3) is 0 Å². The summed E-state index contributed by atoms with van der Waals surface area (Å²) in [6.07, 6.45) is 3.95. The second-order valence-electron chi connectivity index (χ2n) is 4.97. The highest BCUT2D eigenvalue weighted by molar-refractivity contribution is 5.25. The summed E-state index contributed by atoms with van der Waals surface area (Å²) in [7, 11) is 2.00. The fourth-order valence-electron chi connectivity index (χ4n) is 2.25. The first-order valence-electron chi connectivity index (χ1n) is 6.90. The zero-order chi connectivity index (χ0) is 13.7. The summed E-state index contributed by atoms with van der Waals surface area (Å²) >= 11 is 0. The molecular formula is C17H22N2. The van der Waals surface area contributed by atoms with E-state index in [1.54, 1.807) is 0 Å². The van der Waals surface area contributed by atoms with Gasteiger partial charge >= 0.3 is 0 Å². The zero-order valence-electron chi connectivity index (χ0n) is 12.0. The molecule has 0 amide bonds. The second-order valence-corrected chi connectivity index (χ2v) is 4.97. The molecule has 0 fully saturated rings. The number of aromatic nitrogens is 1. The molecule has 0 radical (unpaired) electrons. The summed E-state index contributed by atoms with van der Waals surface area (Å²) in [5, 5.41) is 3.36. The predicted octanol–water partition coefficient (Wildman–Crippen LogP) is 3.46. The second kappa shape index (κ2) is 6.48. The minimum Gasteiger partial charge on any atom is -0.311 e. The number of pyridine rings is 1. The molecule has 1 aromatic heterocycles. The van der Waals surface area contributed by atoms with Crippen molar-refractivity contribution >= 4 is 0 Å². The van der Waals surface area contributed by atoms with Crippen LogP contribution in [-0.2, 0) is 12.8 Å². The molecule has 0 bridgehead atoms. The molecule has 2 aromatic rings. The number of benzene rings is 1. The predicted molar refractivity (Wildman–Crippen MR) is 80.3 cm³/mol. The van der Waals surface area contributed by atoms with Gasteiger partial charge in [0.05, 0.1) is 11.7 Å². The Morgan fingerprint density at radius 2 is 1.79 bits per heavy atom. The van der Waals surface area contributed by atoms with Crippen LogP contribution in [0.1, 0.15) is 35.3 Å². The van der Waals surface area contributed by atoms with E-state index in [2.05, 4.69) is 54.5 Å². The Morgan fingerprint density at radius 1 is 1.11 bits per heavy atom. The van der Waals surface area contributed by atoms with Crippen LogP contribution in [0.4, 0.5) is 0 Å². The molecule has 2 rings (SSSR count). The normalized spacial score (nSPS) is 12.4. The molecule has 1 N–H and O–H groups in total. The lowest BCUT2D eigenvalue weighted by Crippen LogP contribution is -2.20. The molecule has 0 aliphatic heterocycles. The monoisotopic (exact) mass is 254 g/mol. The molecule has 100 valence electrons. The molecule has 0 aliphatic rings. The van der Waals surface area contributed by atoms with Crippen molar-refractivity contribution in [2.24, 2.45) is 0 Å². The number of nitrogens with zero attached hydrogens (tertiary/aromatic N) is 1. The van der Waals surface area contributed by atoms with Crippen molar-refractivity contribution in [3.63, 3.8) is 0 Å². The lowest BCUT2D eigenvalue weighted by molar-refractivity contribution is 0.575. The SMILES string of the molecule is CCc1ccc(CC(NC)c2cc(C)ccn2)cc1. The minimum absolute atomic E-state index is 0.271. The van der Waals surface area contributed by atoms with Gasteiger partial charge < -0.3 is 5.32 Å². The molecule has 1 unspecified atom stereocenters. The van der Waals surface area contributed by atoms with E-state index in [1.807, 2.05) is 19.3 Å². The van der Waals surface area contributed by atoms with E-state index in [-0.39, 0.29) is 6.04 Å². The Balaban J connectivity index is 2.14. The van der Waals surface area contributed by atoms with Crippen LogP contribution >= 0.6 is 0 Å². The molecule has 0 aliphatic carbocycles. The standard InChI is InChI=1S/C17H22N2/c1-4-14-5-7-15(8-6-14)12-16(18-3)17-11-13(2)9-10-19-17/h5-11,16,18H,4,12H2,1-3H3. The Morgan fingerprint density at radius 3 is 2.37 bits per heavy atom. The molecule has 2 nitrogen and oxygen atoms in total. The maximum atomic E-state index is 4.48. The first-order chi connectivity index (χ1) is 9.22. The third kappa shape index (κ3) is 3.65. The van der Waals surface area contributed by atoms with E-state index in [0.717, 1.165) is 18.5 Å². The number of aryl methyl sites for hydroxylation is 2. The van der Waals surface area contributed by atoms with Gasteiger partial charge in [-0.05, 0) is 55.6 Å². The van der Waals surface area contributed by atoms with E-state index < -0.39 is 0 Å². The zero-order valence-corrected chi connectivity index (χ0v) is 12.0. The van der Waals surface area contributed by atoms with Crippen LogP contribution in [0.2, 0.25) is 0 Å². The topological polar surface area (TPSA) is 24.9 Å². The van der Waals surface area contributed by atoms with E-state index in [1.165, 1.54) is 16.7 Å². The summed E-state index contributed by atoms with van der Waals surface area (Å²) in [5.74, 6) is 0. The number of hydrogen-bond acceptors (Lipinski definition) is 2.